The maximum atomic E-state index is 12.4. The lowest BCUT2D eigenvalue weighted by atomic mass is 10.2. The van der Waals surface area contributed by atoms with Crippen LogP contribution in [0.3, 0.4) is 0 Å². The Kier molecular flexibility index (Phi) is 7.05. The molecule has 1 N–H and O–H groups in total. The first kappa shape index (κ1) is 22.3. The van der Waals surface area contributed by atoms with Crippen molar-refractivity contribution in [1.82, 2.24) is 5.32 Å². The molecule has 8 heteroatoms. The molecular weight excluding hydrogens is 467 g/mol. The van der Waals surface area contributed by atoms with E-state index in [0.717, 1.165) is 11.1 Å². The summed E-state index contributed by atoms with van der Waals surface area (Å²) in [4.78, 5) is 17.3. The van der Waals surface area contributed by atoms with Crippen LogP contribution in [0.4, 0.5) is 5.69 Å². The molecule has 162 valence electrons. The standard InChI is InChI=1S/C24H18Cl2N2O3S/c1-30-21-12-15(10-11-20(21)31-14-16-6-2-3-7-17(16)25)13-22-23(29)28-24(32-22)27-19-9-5-4-8-18(19)26/h2-13H,14H2,1H3,(H,27,28,29). The lowest BCUT2D eigenvalue weighted by Gasteiger charge is -2.12. The van der Waals surface area contributed by atoms with Crippen LogP contribution in [0.15, 0.2) is 76.6 Å². The van der Waals surface area contributed by atoms with Crippen molar-refractivity contribution in [1.29, 1.82) is 0 Å². The number of para-hydroxylation sites is 1. The van der Waals surface area contributed by atoms with Gasteiger partial charge in [-0.2, -0.15) is 0 Å². The van der Waals surface area contributed by atoms with Gasteiger partial charge in [-0.3, -0.25) is 4.79 Å². The van der Waals surface area contributed by atoms with Gasteiger partial charge in [0.25, 0.3) is 5.91 Å². The van der Waals surface area contributed by atoms with Crippen molar-refractivity contribution in [2.45, 2.75) is 6.61 Å². The minimum atomic E-state index is -0.223. The minimum absolute atomic E-state index is 0.223. The molecule has 1 saturated heterocycles. The normalized spacial score (nSPS) is 15.8. The van der Waals surface area contributed by atoms with Gasteiger partial charge in [-0.15, -0.1) is 0 Å². The predicted octanol–water partition coefficient (Wildman–Crippen LogP) is 6.47. The van der Waals surface area contributed by atoms with Gasteiger partial charge in [-0.25, -0.2) is 4.99 Å². The average Bonchev–Trinajstić information content (AvgIpc) is 3.13. The number of hydrogen-bond acceptors (Lipinski definition) is 5. The molecule has 0 atom stereocenters. The number of methoxy groups -OCH3 is 1. The number of carbonyl (C=O) groups excluding carboxylic acids is 1. The van der Waals surface area contributed by atoms with Crippen molar-refractivity contribution < 1.29 is 14.3 Å². The van der Waals surface area contributed by atoms with E-state index in [1.54, 1.807) is 31.4 Å². The van der Waals surface area contributed by atoms with E-state index in [-0.39, 0.29) is 5.91 Å². The first-order valence-corrected chi connectivity index (χ1v) is 11.2. The summed E-state index contributed by atoms with van der Waals surface area (Å²) in [6, 6.07) is 20.2. The molecule has 4 rings (SSSR count). The second kappa shape index (κ2) is 10.1. The monoisotopic (exact) mass is 484 g/mol. The molecule has 1 aliphatic rings. The molecule has 0 saturated carbocycles. The maximum absolute atomic E-state index is 12.4. The van der Waals surface area contributed by atoms with E-state index in [9.17, 15) is 4.79 Å². The fourth-order valence-corrected chi connectivity index (χ4v) is 4.15. The van der Waals surface area contributed by atoms with Crippen LogP contribution < -0.4 is 14.8 Å². The first-order chi connectivity index (χ1) is 15.5. The molecular formula is C24H18Cl2N2O3S. The molecule has 32 heavy (non-hydrogen) atoms. The number of amides is 1. The van der Waals surface area contributed by atoms with E-state index < -0.39 is 0 Å². The average molecular weight is 485 g/mol. The zero-order valence-electron chi connectivity index (χ0n) is 17.0. The summed E-state index contributed by atoms with van der Waals surface area (Å²) in [5.41, 5.74) is 2.27. The van der Waals surface area contributed by atoms with Crippen LogP contribution in [0.5, 0.6) is 11.5 Å². The van der Waals surface area contributed by atoms with Crippen LogP contribution in [0.25, 0.3) is 6.08 Å². The second-order valence-electron chi connectivity index (χ2n) is 6.72. The maximum Gasteiger partial charge on any atom is 0.264 e. The van der Waals surface area contributed by atoms with Crippen molar-refractivity contribution in [3.63, 3.8) is 0 Å². The van der Waals surface area contributed by atoms with Crippen molar-refractivity contribution >= 4 is 57.8 Å². The third-order valence-electron chi connectivity index (χ3n) is 4.55. The molecule has 3 aromatic carbocycles. The van der Waals surface area contributed by atoms with Gasteiger partial charge in [0.1, 0.15) is 6.61 Å². The lowest BCUT2D eigenvalue weighted by molar-refractivity contribution is -0.115. The third-order valence-corrected chi connectivity index (χ3v) is 6.15. The molecule has 1 fully saturated rings. The Labute approximate surface area is 200 Å². The molecule has 3 aromatic rings. The van der Waals surface area contributed by atoms with Crippen LogP contribution in [-0.2, 0) is 11.4 Å². The Morgan fingerprint density at radius 3 is 2.50 bits per heavy atom. The number of nitrogens with one attached hydrogen (secondary N) is 1. The van der Waals surface area contributed by atoms with Crippen LogP contribution >= 0.6 is 35.0 Å². The SMILES string of the molecule is COc1cc(C=C2SC(=Nc3ccccc3Cl)NC2=O)ccc1OCc1ccccc1Cl. The molecule has 0 unspecified atom stereocenters. The van der Waals surface area contributed by atoms with Crippen LogP contribution in [0, 0.1) is 0 Å². The highest BCUT2D eigenvalue weighted by atomic mass is 35.5. The number of benzene rings is 3. The van der Waals surface area contributed by atoms with E-state index in [1.165, 1.54) is 11.8 Å². The number of hydrogen-bond donors (Lipinski definition) is 1. The van der Waals surface area contributed by atoms with Gasteiger partial charge in [-0.1, -0.05) is 59.6 Å². The highest BCUT2D eigenvalue weighted by molar-refractivity contribution is 8.18. The fraction of sp³-hybridized carbons (Fsp3) is 0.0833. The summed E-state index contributed by atoms with van der Waals surface area (Å²) in [7, 11) is 1.57. The van der Waals surface area contributed by atoms with Gasteiger partial charge in [0.15, 0.2) is 16.7 Å². The van der Waals surface area contributed by atoms with E-state index in [1.807, 2.05) is 48.5 Å². The van der Waals surface area contributed by atoms with E-state index in [2.05, 4.69) is 10.3 Å². The van der Waals surface area contributed by atoms with Gasteiger partial charge < -0.3 is 14.8 Å². The van der Waals surface area contributed by atoms with Crippen molar-refractivity contribution in [3.05, 3.63) is 92.8 Å². The van der Waals surface area contributed by atoms with Gasteiger partial charge >= 0.3 is 0 Å². The predicted molar refractivity (Wildman–Crippen MR) is 131 cm³/mol. The first-order valence-electron chi connectivity index (χ1n) is 9.62. The van der Waals surface area contributed by atoms with Gasteiger partial charge in [0.2, 0.25) is 0 Å². The highest BCUT2D eigenvalue weighted by Gasteiger charge is 2.24. The molecule has 1 heterocycles. The number of thioether (sulfide) groups is 1. The van der Waals surface area contributed by atoms with E-state index in [0.29, 0.717) is 43.9 Å². The molecule has 0 spiro atoms. The number of rotatable bonds is 6. The van der Waals surface area contributed by atoms with Crippen LogP contribution in [-0.4, -0.2) is 18.2 Å². The largest absolute Gasteiger partial charge is 0.493 e. The Bertz CT molecular complexity index is 1230. The number of carbonyl (C=O) groups is 1. The highest BCUT2D eigenvalue weighted by Crippen LogP contribution is 2.34. The van der Waals surface area contributed by atoms with Crippen LogP contribution in [0.1, 0.15) is 11.1 Å². The van der Waals surface area contributed by atoms with Crippen molar-refractivity contribution in [2.75, 3.05) is 7.11 Å². The van der Waals surface area contributed by atoms with E-state index in [4.69, 9.17) is 32.7 Å². The number of nitrogens with zero attached hydrogens (tertiary/aromatic N) is 1. The summed E-state index contributed by atoms with van der Waals surface area (Å²) in [5.74, 6) is 0.914. The molecule has 5 nitrogen and oxygen atoms in total. The number of aliphatic imine (C=N–C) groups is 1. The molecule has 0 bridgehead atoms. The summed E-state index contributed by atoms with van der Waals surface area (Å²) in [6.07, 6.45) is 1.77. The molecule has 1 aliphatic heterocycles. The van der Waals surface area contributed by atoms with Gasteiger partial charge in [0.05, 0.1) is 22.7 Å². The van der Waals surface area contributed by atoms with E-state index >= 15 is 0 Å². The Balaban J connectivity index is 1.51. The smallest absolute Gasteiger partial charge is 0.264 e. The van der Waals surface area contributed by atoms with Crippen molar-refractivity contribution in [2.24, 2.45) is 4.99 Å². The Morgan fingerprint density at radius 2 is 1.75 bits per heavy atom. The topological polar surface area (TPSA) is 59.9 Å². The third kappa shape index (κ3) is 5.27. The van der Waals surface area contributed by atoms with Crippen LogP contribution in [0.2, 0.25) is 10.0 Å². The summed E-state index contributed by atoms with van der Waals surface area (Å²) in [5, 5.41) is 4.40. The summed E-state index contributed by atoms with van der Waals surface area (Å²) >= 11 is 13.6. The number of amidine groups is 1. The summed E-state index contributed by atoms with van der Waals surface area (Å²) < 4.78 is 11.4. The zero-order chi connectivity index (χ0) is 22.5. The number of ether oxygens (including phenoxy) is 2. The van der Waals surface area contributed by atoms with Gasteiger partial charge in [-0.05, 0) is 53.7 Å². The minimum Gasteiger partial charge on any atom is -0.493 e. The second-order valence-corrected chi connectivity index (χ2v) is 8.57. The molecule has 0 aliphatic carbocycles. The Hall–Kier alpha value is -2.93. The molecule has 0 aromatic heterocycles. The fourth-order valence-electron chi connectivity index (χ4n) is 2.95. The quantitative estimate of drug-likeness (QED) is 0.407. The van der Waals surface area contributed by atoms with Gasteiger partial charge in [0, 0.05) is 10.6 Å². The van der Waals surface area contributed by atoms with Crippen molar-refractivity contribution in [3.8, 4) is 11.5 Å². The zero-order valence-corrected chi connectivity index (χ0v) is 19.3. The molecule has 0 radical (unpaired) electrons. The summed E-state index contributed by atoms with van der Waals surface area (Å²) in [6.45, 7) is 0.316. The molecule has 1 amide bonds. The Morgan fingerprint density at radius 1 is 1.00 bits per heavy atom. The lowest BCUT2D eigenvalue weighted by Crippen LogP contribution is -2.19. The number of halogens is 2.